The molecule has 3 aromatic carbocycles. The summed E-state index contributed by atoms with van der Waals surface area (Å²) >= 11 is 0. The SMILES string of the molecule is Cc1ccc(C(C)NC(=O)C2CN(S(=O)(=O)Cc3ccccc3)c3ccccc3O2)cc1. The molecule has 0 saturated heterocycles. The number of rotatable bonds is 6. The van der Waals surface area contributed by atoms with E-state index < -0.39 is 16.1 Å². The van der Waals surface area contributed by atoms with Gasteiger partial charge in [-0.25, -0.2) is 8.42 Å². The van der Waals surface area contributed by atoms with Crippen LogP contribution in [0.15, 0.2) is 78.9 Å². The van der Waals surface area contributed by atoms with Gasteiger partial charge in [-0.2, -0.15) is 0 Å². The van der Waals surface area contributed by atoms with Crippen LogP contribution in [0.3, 0.4) is 0 Å². The van der Waals surface area contributed by atoms with Gasteiger partial charge in [0.25, 0.3) is 5.91 Å². The molecule has 0 bridgehead atoms. The van der Waals surface area contributed by atoms with Crippen molar-refractivity contribution in [1.29, 1.82) is 0 Å². The topological polar surface area (TPSA) is 75.7 Å². The summed E-state index contributed by atoms with van der Waals surface area (Å²) in [4.78, 5) is 13.0. The summed E-state index contributed by atoms with van der Waals surface area (Å²) in [6.07, 6.45) is -0.955. The summed E-state index contributed by atoms with van der Waals surface area (Å²) in [6.45, 7) is 3.81. The van der Waals surface area contributed by atoms with Crippen LogP contribution in [-0.2, 0) is 20.6 Å². The van der Waals surface area contributed by atoms with Gasteiger partial charge in [0.05, 0.1) is 24.0 Å². The molecule has 1 N–H and O–H groups in total. The smallest absolute Gasteiger partial charge is 0.263 e. The summed E-state index contributed by atoms with van der Waals surface area (Å²) in [6, 6.07) is 23.6. The minimum Gasteiger partial charge on any atom is -0.476 e. The quantitative estimate of drug-likeness (QED) is 0.617. The highest BCUT2D eigenvalue weighted by Crippen LogP contribution is 2.36. The van der Waals surface area contributed by atoms with E-state index in [1.54, 1.807) is 48.5 Å². The van der Waals surface area contributed by atoms with Crippen LogP contribution in [0.2, 0.25) is 0 Å². The van der Waals surface area contributed by atoms with Crippen LogP contribution in [0.5, 0.6) is 5.75 Å². The van der Waals surface area contributed by atoms with Crippen molar-refractivity contribution >= 4 is 21.6 Å². The summed E-state index contributed by atoms with van der Waals surface area (Å²) in [7, 11) is -3.73. The number of amides is 1. The second-order valence-corrected chi connectivity index (χ2v) is 9.88. The maximum Gasteiger partial charge on any atom is 0.263 e. The number of fused-ring (bicyclic) bond motifs is 1. The fourth-order valence-electron chi connectivity index (χ4n) is 3.71. The number of benzene rings is 3. The van der Waals surface area contributed by atoms with Gasteiger partial charge in [-0.1, -0.05) is 72.3 Å². The lowest BCUT2D eigenvalue weighted by Crippen LogP contribution is -2.51. The van der Waals surface area contributed by atoms with E-state index in [4.69, 9.17) is 4.74 Å². The first-order valence-corrected chi connectivity index (χ1v) is 12.1. The molecule has 0 radical (unpaired) electrons. The van der Waals surface area contributed by atoms with Crippen molar-refractivity contribution in [3.63, 3.8) is 0 Å². The van der Waals surface area contributed by atoms with Crippen LogP contribution in [0, 0.1) is 6.92 Å². The molecule has 166 valence electrons. The third-order valence-corrected chi connectivity index (χ3v) is 7.21. The van der Waals surface area contributed by atoms with Crippen LogP contribution in [-0.4, -0.2) is 27.0 Å². The molecule has 2 atom stereocenters. The van der Waals surface area contributed by atoms with Crippen molar-refractivity contribution in [2.24, 2.45) is 0 Å². The number of anilines is 1. The van der Waals surface area contributed by atoms with Crippen LogP contribution < -0.4 is 14.4 Å². The predicted molar refractivity (Wildman–Crippen MR) is 125 cm³/mol. The summed E-state index contributed by atoms with van der Waals surface area (Å²) in [5.41, 5.74) is 3.23. The lowest BCUT2D eigenvalue weighted by Gasteiger charge is -2.35. The van der Waals surface area contributed by atoms with Crippen LogP contribution in [0.25, 0.3) is 0 Å². The molecule has 6 nitrogen and oxygen atoms in total. The molecule has 2 unspecified atom stereocenters. The highest BCUT2D eigenvalue weighted by molar-refractivity contribution is 7.92. The molecule has 1 aliphatic rings. The van der Waals surface area contributed by atoms with E-state index in [1.807, 2.05) is 44.2 Å². The molecule has 4 rings (SSSR count). The predicted octanol–water partition coefficient (Wildman–Crippen LogP) is 3.97. The van der Waals surface area contributed by atoms with Gasteiger partial charge in [0.15, 0.2) is 6.10 Å². The van der Waals surface area contributed by atoms with Gasteiger partial charge in [0.1, 0.15) is 5.75 Å². The van der Waals surface area contributed by atoms with Crippen molar-refractivity contribution in [2.75, 3.05) is 10.8 Å². The zero-order chi connectivity index (χ0) is 22.7. The van der Waals surface area contributed by atoms with Gasteiger partial charge >= 0.3 is 0 Å². The maximum absolute atomic E-state index is 13.3. The zero-order valence-electron chi connectivity index (χ0n) is 18.1. The molecule has 0 fully saturated rings. The van der Waals surface area contributed by atoms with Crippen molar-refractivity contribution in [1.82, 2.24) is 5.32 Å². The van der Waals surface area contributed by atoms with Crippen molar-refractivity contribution < 1.29 is 17.9 Å². The average Bonchev–Trinajstić information content (AvgIpc) is 2.79. The summed E-state index contributed by atoms with van der Waals surface area (Å²) < 4.78 is 33.8. The van der Waals surface area contributed by atoms with Gasteiger partial charge in [0, 0.05) is 0 Å². The lowest BCUT2D eigenvalue weighted by atomic mass is 10.1. The Morgan fingerprint density at radius 1 is 1.03 bits per heavy atom. The van der Waals surface area contributed by atoms with E-state index in [-0.39, 0.29) is 24.2 Å². The Bertz CT molecular complexity index is 1190. The van der Waals surface area contributed by atoms with E-state index in [0.29, 0.717) is 17.0 Å². The monoisotopic (exact) mass is 450 g/mol. The Labute approximate surface area is 188 Å². The Balaban J connectivity index is 1.56. The highest BCUT2D eigenvalue weighted by Gasteiger charge is 2.37. The molecule has 3 aromatic rings. The van der Waals surface area contributed by atoms with Crippen LogP contribution in [0.1, 0.15) is 29.7 Å². The molecule has 32 heavy (non-hydrogen) atoms. The van der Waals surface area contributed by atoms with Crippen LogP contribution >= 0.6 is 0 Å². The molecule has 1 aliphatic heterocycles. The number of sulfonamides is 1. The first kappa shape index (κ1) is 21.9. The van der Waals surface area contributed by atoms with E-state index in [2.05, 4.69) is 5.32 Å². The Hall–Kier alpha value is -3.32. The number of carbonyl (C=O) groups is 1. The van der Waals surface area contributed by atoms with E-state index in [1.165, 1.54) is 4.31 Å². The molecular weight excluding hydrogens is 424 g/mol. The second kappa shape index (κ2) is 9.04. The molecule has 7 heteroatoms. The number of ether oxygens (including phenoxy) is 1. The van der Waals surface area contributed by atoms with Gasteiger partial charge in [-0.15, -0.1) is 0 Å². The van der Waals surface area contributed by atoms with Crippen molar-refractivity contribution in [3.8, 4) is 5.75 Å². The average molecular weight is 451 g/mol. The molecule has 0 saturated carbocycles. The Morgan fingerprint density at radius 2 is 1.69 bits per heavy atom. The van der Waals surface area contributed by atoms with E-state index in [9.17, 15) is 13.2 Å². The Kier molecular flexibility index (Phi) is 6.19. The lowest BCUT2D eigenvalue weighted by molar-refractivity contribution is -0.128. The van der Waals surface area contributed by atoms with E-state index >= 15 is 0 Å². The van der Waals surface area contributed by atoms with E-state index in [0.717, 1.165) is 11.1 Å². The number of nitrogens with one attached hydrogen (secondary N) is 1. The second-order valence-electron chi connectivity index (χ2n) is 7.99. The maximum atomic E-state index is 13.3. The molecule has 0 aromatic heterocycles. The number of para-hydroxylation sites is 2. The fourth-order valence-corrected chi connectivity index (χ4v) is 5.29. The first-order valence-electron chi connectivity index (χ1n) is 10.5. The van der Waals surface area contributed by atoms with Gasteiger partial charge in [-0.3, -0.25) is 9.10 Å². The fraction of sp³-hybridized carbons (Fsp3) is 0.240. The van der Waals surface area contributed by atoms with Crippen molar-refractivity contribution in [3.05, 3.63) is 95.6 Å². The zero-order valence-corrected chi connectivity index (χ0v) is 18.9. The summed E-state index contributed by atoms with van der Waals surface area (Å²) in [5.74, 6) is -0.137. The van der Waals surface area contributed by atoms with Gasteiger partial charge in [-0.05, 0) is 37.1 Å². The number of aryl methyl sites for hydroxylation is 1. The Morgan fingerprint density at radius 3 is 2.41 bits per heavy atom. The number of nitrogens with zero attached hydrogens (tertiary/aromatic N) is 1. The van der Waals surface area contributed by atoms with Gasteiger partial charge in [0.2, 0.25) is 10.0 Å². The first-order chi connectivity index (χ1) is 15.3. The number of hydrogen-bond donors (Lipinski definition) is 1. The molecular formula is C25H26N2O4S. The standard InChI is InChI=1S/C25H26N2O4S/c1-18-12-14-21(15-13-18)19(2)26-25(28)24-16-27(22-10-6-7-11-23(22)31-24)32(29,30)17-20-8-4-3-5-9-20/h3-15,19,24H,16-17H2,1-2H3,(H,26,28). The largest absolute Gasteiger partial charge is 0.476 e. The number of hydrogen-bond acceptors (Lipinski definition) is 4. The van der Waals surface area contributed by atoms with Crippen molar-refractivity contribution in [2.45, 2.75) is 31.7 Å². The summed E-state index contributed by atoms with van der Waals surface area (Å²) in [5, 5.41) is 2.95. The van der Waals surface area contributed by atoms with Gasteiger partial charge < -0.3 is 10.1 Å². The third kappa shape index (κ3) is 4.78. The molecule has 0 aliphatic carbocycles. The van der Waals surface area contributed by atoms with Crippen LogP contribution in [0.4, 0.5) is 5.69 Å². The number of carbonyl (C=O) groups excluding carboxylic acids is 1. The molecule has 0 spiro atoms. The third-order valence-electron chi connectivity index (χ3n) is 5.49. The minimum atomic E-state index is -3.73. The normalized spacial score (nSPS) is 16.6. The highest BCUT2D eigenvalue weighted by atomic mass is 32.2. The molecule has 1 heterocycles. The molecule has 1 amide bonds. The minimum absolute atomic E-state index is 0.0847.